The summed E-state index contributed by atoms with van der Waals surface area (Å²) in [5.74, 6) is -1.66. The van der Waals surface area contributed by atoms with Crippen LogP contribution >= 0.6 is 0 Å². The second-order valence-electron chi connectivity index (χ2n) is 4.38. The summed E-state index contributed by atoms with van der Waals surface area (Å²) in [5.41, 5.74) is 0.192. The third kappa shape index (κ3) is 6.65. The first-order valence-electron chi connectivity index (χ1n) is 6.15. The summed E-state index contributed by atoms with van der Waals surface area (Å²) < 4.78 is 4.68. The average Bonchev–Trinajstić information content (AvgIpc) is 2.47. The predicted octanol–water partition coefficient (Wildman–Crippen LogP) is -3.34. The number of aliphatic hydroxyl groups excluding tert-OH is 5. The van der Waals surface area contributed by atoms with Crippen LogP contribution in [0.4, 0.5) is 0 Å². The fourth-order valence-electron chi connectivity index (χ4n) is 1.22. The number of hydrogen-bond acceptors (Lipinski definition) is 8. The second-order valence-corrected chi connectivity index (χ2v) is 4.38. The maximum Gasteiger partial charge on any atom is 0.333 e. The molecule has 21 heavy (non-hydrogen) atoms. The smallest absolute Gasteiger partial charge is 0.333 e. The van der Waals surface area contributed by atoms with Gasteiger partial charge in [0.1, 0.15) is 24.9 Å². The molecule has 0 heterocycles. The van der Waals surface area contributed by atoms with Crippen molar-refractivity contribution >= 4 is 11.9 Å². The van der Waals surface area contributed by atoms with Crippen molar-refractivity contribution in [2.75, 3.05) is 19.8 Å². The third-order valence-corrected chi connectivity index (χ3v) is 2.51. The van der Waals surface area contributed by atoms with Crippen LogP contribution in [0.25, 0.3) is 0 Å². The molecule has 0 radical (unpaired) electrons. The van der Waals surface area contributed by atoms with E-state index in [0.717, 1.165) is 0 Å². The van der Waals surface area contributed by atoms with Crippen LogP contribution in [0.15, 0.2) is 12.2 Å². The van der Waals surface area contributed by atoms with E-state index in [4.69, 9.17) is 10.2 Å². The normalized spacial score (nSPS) is 16.5. The minimum absolute atomic E-state index is 0.125. The lowest BCUT2D eigenvalue weighted by Gasteiger charge is -2.24. The van der Waals surface area contributed by atoms with E-state index in [1.165, 1.54) is 6.92 Å². The van der Waals surface area contributed by atoms with E-state index in [-0.39, 0.29) is 18.7 Å². The fraction of sp³-hybridized carbons (Fsp3) is 0.667. The molecule has 0 saturated carbocycles. The van der Waals surface area contributed by atoms with Crippen LogP contribution in [0.1, 0.15) is 6.92 Å². The lowest BCUT2D eigenvalue weighted by atomic mass is 10.0. The van der Waals surface area contributed by atoms with E-state index in [9.17, 15) is 24.9 Å². The van der Waals surface area contributed by atoms with Crippen LogP contribution in [0.3, 0.4) is 0 Å². The van der Waals surface area contributed by atoms with Gasteiger partial charge in [-0.3, -0.25) is 4.79 Å². The molecule has 6 N–H and O–H groups in total. The molecule has 0 saturated heterocycles. The minimum Gasteiger partial charge on any atom is -0.460 e. The van der Waals surface area contributed by atoms with Crippen molar-refractivity contribution in [2.45, 2.75) is 31.3 Å². The molecule has 0 aliphatic carbocycles. The number of amides is 1. The van der Waals surface area contributed by atoms with E-state index in [1.54, 1.807) is 0 Å². The molecule has 4 atom stereocenters. The van der Waals surface area contributed by atoms with Gasteiger partial charge in [0.05, 0.1) is 13.2 Å². The monoisotopic (exact) mass is 307 g/mol. The molecule has 1 amide bonds. The highest BCUT2D eigenvalue weighted by molar-refractivity contribution is 5.87. The first-order chi connectivity index (χ1) is 9.72. The Labute approximate surface area is 121 Å². The molecule has 0 spiro atoms. The van der Waals surface area contributed by atoms with Gasteiger partial charge in [-0.2, -0.15) is 0 Å². The van der Waals surface area contributed by atoms with Gasteiger partial charge in [0.2, 0.25) is 0 Å². The molecular weight excluding hydrogens is 286 g/mol. The zero-order valence-electron chi connectivity index (χ0n) is 11.6. The number of carbonyl (C=O) groups is 2. The molecule has 0 bridgehead atoms. The molecule has 0 aliphatic heterocycles. The van der Waals surface area contributed by atoms with Gasteiger partial charge in [-0.25, -0.2) is 4.79 Å². The van der Waals surface area contributed by atoms with Crippen LogP contribution in [0, 0.1) is 0 Å². The quantitative estimate of drug-likeness (QED) is 0.147. The summed E-state index contributed by atoms with van der Waals surface area (Å²) in [4.78, 5) is 22.5. The van der Waals surface area contributed by atoms with Crippen LogP contribution < -0.4 is 5.32 Å². The Bertz CT molecular complexity index is 372. The van der Waals surface area contributed by atoms with Crippen molar-refractivity contribution in [1.29, 1.82) is 0 Å². The van der Waals surface area contributed by atoms with Crippen LogP contribution in [0.2, 0.25) is 0 Å². The molecule has 0 rings (SSSR count). The van der Waals surface area contributed by atoms with Crippen molar-refractivity contribution in [3.8, 4) is 0 Å². The number of esters is 1. The molecule has 0 aromatic heterocycles. The lowest BCUT2D eigenvalue weighted by molar-refractivity contribution is -0.149. The van der Waals surface area contributed by atoms with Crippen LogP contribution in [-0.2, 0) is 14.3 Å². The van der Waals surface area contributed by atoms with Crippen LogP contribution in [0.5, 0.6) is 0 Å². The van der Waals surface area contributed by atoms with E-state index < -0.39 is 42.9 Å². The maximum atomic E-state index is 11.4. The Balaban J connectivity index is 4.16. The lowest BCUT2D eigenvalue weighted by Crippen LogP contribution is -2.52. The Hall–Kier alpha value is -1.52. The van der Waals surface area contributed by atoms with Crippen molar-refractivity contribution < 1.29 is 39.9 Å². The van der Waals surface area contributed by atoms with Crippen molar-refractivity contribution in [3.63, 3.8) is 0 Å². The van der Waals surface area contributed by atoms with Crippen LogP contribution in [-0.4, -0.2) is 81.6 Å². The van der Waals surface area contributed by atoms with E-state index in [0.29, 0.717) is 0 Å². The summed E-state index contributed by atoms with van der Waals surface area (Å²) in [6, 6.07) is 0. The zero-order valence-corrected chi connectivity index (χ0v) is 11.6. The molecular formula is C12H21NO8. The summed E-state index contributed by atoms with van der Waals surface area (Å²) in [7, 11) is 0. The van der Waals surface area contributed by atoms with Gasteiger partial charge >= 0.3 is 5.97 Å². The van der Waals surface area contributed by atoms with E-state index in [2.05, 4.69) is 16.6 Å². The molecule has 122 valence electrons. The van der Waals surface area contributed by atoms with Gasteiger partial charge in [-0.1, -0.05) is 6.58 Å². The first kappa shape index (κ1) is 19.5. The van der Waals surface area contributed by atoms with Gasteiger partial charge in [0.15, 0.2) is 6.10 Å². The molecule has 0 aliphatic rings. The third-order valence-electron chi connectivity index (χ3n) is 2.51. The largest absolute Gasteiger partial charge is 0.460 e. The van der Waals surface area contributed by atoms with Gasteiger partial charge in [0, 0.05) is 5.57 Å². The SMILES string of the molecule is C=C(C)C(=O)OCCNC(=O)[C@H](O)[C@H](O)[C@H](O)[C@@H](O)CO. The fourth-order valence-corrected chi connectivity index (χ4v) is 1.22. The Morgan fingerprint density at radius 2 is 1.76 bits per heavy atom. The number of hydrogen-bond donors (Lipinski definition) is 6. The maximum absolute atomic E-state index is 11.4. The Morgan fingerprint density at radius 1 is 1.19 bits per heavy atom. The summed E-state index contributed by atoms with van der Waals surface area (Å²) >= 11 is 0. The van der Waals surface area contributed by atoms with Gasteiger partial charge < -0.3 is 35.6 Å². The number of aliphatic hydroxyl groups is 5. The second kappa shape index (κ2) is 9.42. The standard InChI is InChI=1S/C12H21NO8/c1-6(2)12(20)21-4-3-13-11(19)10(18)9(17)8(16)7(15)5-14/h7-10,14-18H,1,3-5H2,2H3,(H,13,19)/t7-,8+,9+,10+/m0/s1. The van der Waals surface area contributed by atoms with Gasteiger partial charge in [-0.05, 0) is 6.92 Å². The van der Waals surface area contributed by atoms with Crippen molar-refractivity contribution in [2.24, 2.45) is 0 Å². The predicted molar refractivity (Wildman–Crippen MR) is 69.9 cm³/mol. The molecule has 0 fully saturated rings. The van der Waals surface area contributed by atoms with Crippen molar-refractivity contribution in [1.82, 2.24) is 5.32 Å². The summed E-state index contributed by atoms with van der Waals surface area (Å²) in [6.45, 7) is 3.68. The number of rotatable bonds is 9. The highest BCUT2D eigenvalue weighted by Crippen LogP contribution is 2.05. The number of ether oxygens (including phenoxy) is 1. The molecule has 0 aromatic carbocycles. The van der Waals surface area contributed by atoms with Crippen molar-refractivity contribution in [3.05, 3.63) is 12.2 Å². The first-order valence-corrected chi connectivity index (χ1v) is 6.15. The molecule has 9 heteroatoms. The van der Waals surface area contributed by atoms with Gasteiger partial charge in [-0.15, -0.1) is 0 Å². The van der Waals surface area contributed by atoms with E-state index >= 15 is 0 Å². The highest BCUT2D eigenvalue weighted by atomic mass is 16.5. The minimum atomic E-state index is -2.02. The Morgan fingerprint density at radius 3 is 2.24 bits per heavy atom. The Kier molecular flexibility index (Phi) is 8.74. The topological polar surface area (TPSA) is 157 Å². The highest BCUT2D eigenvalue weighted by Gasteiger charge is 2.33. The molecule has 9 nitrogen and oxygen atoms in total. The summed E-state index contributed by atoms with van der Waals surface area (Å²) in [5, 5.41) is 48.1. The number of nitrogens with one attached hydrogen (secondary N) is 1. The average molecular weight is 307 g/mol. The van der Waals surface area contributed by atoms with E-state index in [1.807, 2.05) is 0 Å². The molecule has 0 unspecified atom stereocenters. The molecule has 0 aromatic rings. The number of carbonyl (C=O) groups excluding carboxylic acids is 2. The summed E-state index contributed by atoms with van der Waals surface area (Å²) in [6.07, 6.45) is -7.58. The van der Waals surface area contributed by atoms with Gasteiger partial charge in [0.25, 0.3) is 5.91 Å². The zero-order chi connectivity index (χ0) is 16.6.